The number of carbonyl (C=O) groups excluding carboxylic acids is 1. The third-order valence-corrected chi connectivity index (χ3v) is 5.39. The third kappa shape index (κ3) is 6.76. The SMILES string of the molecule is C[C@@H]1O[C@H]1CCCC=C[C@H]1CCC(=O)[C@@H]1CCCCCCC(=O)O. The highest BCUT2D eigenvalue weighted by molar-refractivity contribution is 5.83. The van der Waals surface area contributed by atoms with Crippen LogP contribution in [-0.2, 0) is 14.3 Å². The van der Waals surface area contributed by atoms with Crippen molar-refractivity contribution >= 4 is 11.8 Å². The van der Waals surface area contributed by atoms with Gasteiger partial charge < -0.3 is 9.84 Å². The molecule has 4 heteroatoms. The van der Waals surface area contributed by atoms with Gasteiger partial charge in [0.05, 0.1) is 12.2 Å². The first kappa shape index (κ1) is 19.2. The Labute approximate surface area is 145 Å². The number of epoxide rings is 1. The average molecular weight is 336 g/mol. The average Bonchev–Trinajstić information content (AvgIpc) is 3.13. The van der Waals surface area contributed by atoms with Gasteiger partial charge in [-0.1, -0.05) is 31.4 Å². The van der Waals surface area contributed by atoms with Crippen LogP contribution < -0.4 is 0 Å². The van der Waals surface area contributed by atoms with Crippen molar-refractivity contribution in [3.63, 3.8) is 0 Å². The molecule has 0 aromatic heterocycles. The molecule has 2 fully saturated rings. The molecule has 2 aliphatic rings. The number of unbranched alkanes of at least 4 members (excludes halogenated alkanes) is 4. The Kier molecular flexibility index (Phi) is 7.97. The van der Waals surface area contributed by atoms with Crippen LogP contribution in [0.25, 0.3) is 0 Å². The number of ether oxygens (including phenoxy) is 1. The summed E-state index contributed by atoms with van der Waals surface area (Å²) in [5.41, 5.74) is 0. The Hall–Kier alpha value is -1.16. The van der Waals surface area contributed by atoms with Gasteiger partial charge in [0, 0.05) is 18.8 Å². The van der Waals surface area contributed by atoms with E-state index in [0.29, 0.717) is 23.9 Å². The molecule has 0 radical (unpaired) electrons. The lowest BCUT2D eigenvalue weighted by Gasteiger charge is -2.14. The largest absolute Gasteiger partial charge is 0.481 e. The first-order valence-electron chi connectivity index (χ1n) is 9.64. The molecule has 0 aromatic rings. The number of carbonyl (C=O) groups is 2. The third-order valence-electron chi connectivity index (χ3n) is 5.39. The summed E-state index contributed by atoms with van der Waals surface area (Å²) in [6, 6.07) is 0. The zero-order valence-corrected chi connectivity index (χ0v) is 14.9. The van der Waals surface area contributed by atoms with E-state index in [1.54, 1.807) is 0 Å². The lowest BCUT2D eigenvalue weighted by molar-refractivity contribution is -0.137. The van der Waals surface area contributed by atoms with Gasteiger partial charge in [-0.25, -0.2) is 0 Å². The van der Waals surface area contributed by atoms with E-state index in [1.807, 2.05) is 0 Å². The van der Waals surface area contributed by atoms with Crippen LogP contribution in [0.15, 0.2) is 12.2 Å². The summed E-state index contributed by atoms with van der Waals surface area (Å²) in [5, 5.41) is 8.62. The van der Waals surface area contributed by atoms with E-state index in [9.17, 15) is 9.59 Å². The number of hydrogen-bond acceptors (Lipinski definition) is 3. The minimum absolute atomic E-state index is 0.201. The highest BCUT2D eigenvalue weighted by Gasteiger charge is 2.33. The van der Waals surface area contributed by atoms with Crippen LogP contribution in [0.4, 0.5) is 0 Å². The Morgan fingerprint density at radius 3 is 2.67 bits per heavy atom. The quantitative estimate of drug-likeness (QED) is 0.323. The van der Waals surface area contributed by atoms with Crippen LogP contribution in [0.5, 0.6) is 0 Å². The molecule has 1 aliphatic carbocycles. The van der Waals surface area contributed by atoms with Crippen molar-refractivity contribution in [1.82, 2.24) is 0 Å². The van der Waals surface area contributed by atoms with E-state index in [-0.39, 0.29) is 12.3 Å². The number of ketones is 1. The van der Waals surface area contributed by atoms with Gasteiger partial charge in [0.2, 0.25) is 0 Å². The van der Waals surface area contributed by atoms with Gasteiger partial charge in [-0.15, -0.1) is 0 Å². The number of carboxylic acid groups (broad SMARTS) is 1. The van der Waals surface area contributed by atoms with E-state index >= 15 is 0 Å². The molecule has 24 heavy (non-hydrogen) atoms. The molecule has 1 N–H and O–H groups in total. The van der Waals surface area contributed by atoms with Crippen LogP contribution in [0, 0.1) is 11.8 Å². The van der Waals surface area contributed by atoms with Crippen LogP contribution in [0.3, 0.4) is 0 Å². The second-order valence-corrected chi connectivity index (χ2v) is 7.36. The van der Waals surface area contributed by atoms with E-state index in [1.165, 1.54) is 6.42 Å². The maximum atomic E-state index is 12.1. The minimum Gasteiger partial charge on any atom is -0.481 e. The predicted molar refractivity (Wildman–Crippen MR) is 93.9 cm³/mol. The monoisotopic (exact) mass is 336 g/mol. The van der Waals surface area contributed by atoms with Gasteiger partial charge in [0.25, 0.3) is 0 Å². The lowest BCUT2D eigenvalue weighted by Crippen LogP contribution is -2.13. The normalized spacial score (nSPS) is 29.5. The maximum absolute atomic E-state index is 12.1. The van der Waals surface area contributed by atoms with E-state index in [0.717, 1.165) is 57.8 Å². The van der Waals surface area contributed by atoms with Crippen LogP contribution in [0.1, 0.15) is 77.6 Å². The van der Waals surface area contributed by atoms with E-state index < -0.39 is 5.97 Å². The van der Waals surface area contributed by atoms with Crippen molar-refractivity contribution in [2.45, 2.75) is 89.8 Å². The Morgan fingerprint density at radius 1 is 1.21 bits per heavy atom. The summed E-state index contributed by atoms with van der Waals surface area (Å²) < 4.78 is 5.41. The molecular formula is C20H32O4. The van der Waals surface area contributed by atoms with Crippen molar-refractivity contribution in [3.8, 4) is 0 Å². The van der Waals surface area contributed by atoms with Crippen molar-refractivity contribution in [1.29, 1.82) is 0 Å². The molecule has 1 saturated heterocycles. The predicted octanol–water partition coefficient (Wildman–Crippen LogP) is 4.52. The highest BCUT2D eigenvalue weighted by atomic mass is 16.6. The lowest BCUT2D eigenvalue weighted by atomic mass is 9.89. The molecule has 2 rings (SSSR count). The summed E-state index contributed by atoms with van der Waals surface area (Å²) in [7, 11) is 0. The molecule has 1 saturated carbocycles. The zero-order chi connectivity index (χ0) is 17.4. The van der Waals surface area contributed by atoms with Crippen molar-refractivity contribution in [2.24, 2.45) is 11.8 Å². The van der Waals surface area contributed by atoms with Gasteiger partial charge in [-0.2, -0.15) is 0 Å². The number of allylic oxidation sites excluding steroid dienone is 2. The fourth-order valence-electron chi connectivity index (χ4n) is 3.77. The van der Waals surface area contributed by atoms with E-state index in [4.69, 9.17) is 9.84 Å². The van der Waals surface area contributed by atoms with Gasteiger partial charge in [0.15, 0.2) is 0 Å². The molecule has 0 unspecified atom stereocenters. The second kappa shape index (κ2) is 9.97. The van der Waals surface area contributed by atoms with Crippen molar-refractivity contribution in [2.75, 3.05) is 0 Å². The molecule has 136 valence electrons. The van der Waals surface area contributed by atoms with Gasteiger partial charge >= 0.3 is 5.97 Å². The summed E-state index contributed by atoms with van der Waals surface area (Å²) in [5.74, 6) is 0.337. The second-order valence-electron chi connectivity index (χ2n) is 7.36. The van der Waals surface area contributed by atoms with Gasteiger partial charge in [-0.05, 0) is 51.4 Å². The first-order valence-corrected chi connectivity index (χ1v) is 9.64. The number of Topliss-reactive ketones (excluding diaryl/α,β-unsaturated/α-hetero) is 1. The Morgan fingerprint density at radius 2 is 1.96 bits per heavy atom. The molecule has 0 spiro atoms. The molecule has 0 bridgehead atoms. The molecule has 0 amide bonds. The van der Waals surface area contributed by atoms with E-state index in [2.05, 4.69) is 19.1 Å². The molecule has 4 atom stereocenters. The first-order chi connectivity index (χ1) is 11.6. The summed E-state index contributed by atoms with van der Waals surface area (Å²) in [4.78, 5) is 22.6. The summed E-state index contributed by atoms with van der Waals surface area (Å²) >= 11 is 0. The molecule has 4 nitrogen and oxygen atoms in total. The summed E-state index contributed by atoms with van der Waals surface area (Å²) in [6.07, 6.45) is 15.6. The molecule has 1 heterocycles. The van der Waals surface area contributed by atoms with Crippen molar-refractivity contribution < 1.29 is 19.4 Å². The topological polar surface area (TPSA) is 66.9 Å². The zero-order valence-electron chi connectivity index (χ0n) is 14.9. The smallest absolute Gasteiger partial charge is 0.303 e. The number of carboxylic acids is 1. The van der Waals surface area contributed by atoms with Crippen molar-refractivity contribution in [3.05, 3.63) is 12.2 Å². The highest BCUT2D eigenvalue weighted by Crippen LogP contribution is 2.34. The van der Waals surface area contributed by atoms with Gasteiger partial charge in [-0.3, -0.25) is 9.59 Å². The Bertz CT molecular complexity index is 443. The Balaban J connectivity index is 1.58. The minimum atomic E-state index is -0.714. The molecule has 0 aromatic carbocycles. The number of rotatable bonds is 12. The maximum Gasteiger partial charge on any atom is 0.303 e. The van der Waals surface area contributed by atoms with Crippen LogP contribution in [0.2, 0.25) is 0 Å². The number of aliphatic carboxylic acids is 1. The van der Waals surface area contributed by atoms with Gasteiger partial charge in [0.1, 0.15) is 5.78 Å². The molecular weight excluding hydrogens is 304 g/mol. The fourth-order valence-corrected chi connectivity index (χ4v) is 3.77. The molecule has 1 aliphatic heterocycles. The van der Waals surface area contributed by atoms with Crippen LogP contribution in [-0.4, -0.2) is 29.1 Å². The fraction of sp³-hybridized carbons (Fsp3) is 0.800. The summed E-state index contributed by atoms with van der Waals surface area (Å²) in [6.45, 7) is 2.12. The standard InChI is InChI=1S/C20H32O4/c1-15-19(24-15)11-7-4-5-9-16-13-14-18(21)17(16)10-6-2-3-8-12-20(22)23/h5,9,15-17,19H,2-4,6-8,10-14H2,1H3,(H,22,23)/t15-,16-,17+,19-/m0/s1. The van der Waals surface area contributed by atoms with Crippen LogP contribution >= 0.6 is 0 Å². The number of hydrogen-bond donors (Lipinski definition) is 1.